The van der Waals surface area contributed by atoms with Crippen molar-refractivity contribution in [1.29, 1.82) is 0 Å². The molecule has 1 aliphatic heterocycles. The third kappa shape index (κ3) is 5.46. The molecule has 3 nitrogen and oxygen atoms in total. The van der Waals surface area contributed by atoms with Gasteiger partial charge in [0.15, 0.2) is 0 Å². The predicted octanol–water partition coefficient (Wildman–Crippen LogP) is 6.64. The Balaban J connectivity index is 2.63. The zero-order valence-electron chi connectivity index (χ0n) is 24.3. The van der Waals surface area contributed by atoms with Gasteiger partial charge in [0.1, 0.15) is 0 Å². The Bertz CT molecular complexity index is 911. The summed E-state index contributed by atoms with van der Waals surface area (Å²) in [6, 6.07) is 2.07. The molecule has 0 unspecified atom stereocenters. The van der Waals surface area contributed by atoms with Crippen LogP contribution >= 0.6 is 0 Å². The van der Waals surface area contributed by atoms with E-state index in [0.29, 0.717) is 13.0 Å². The van der Waals surface area contributed by atoms with E-state index in [2.05, 4.69) is 64.7 Å². The summed E-state index contributed by atoms with van der Waals surface area (Å²) >= 11 is 0. The lowest BCUT2D eigenvalue weighted by atomic mass is 9.75. The van der Waals surface area contributed by atoms with Gasteiger partial charge in [0.2, 0.25) is 5.91 Å². The van der Waals surface area contributed by atoms with Gasteiger partial charge in [0.25, 0.3) is 0 Å². The Morgan fingerprint density at radius 1 is 1.17 bits per heavy atom. The molecule has 170 valence electrons. The fourth-order valence-corrected chi connectivity index (χ4v) is 4.86. The number of carbonyl (C=O) groups is 1. The normalized spacial score (nSPS) is 17.5. The molecule has 0 radical (unpaired) electrons. The summed E-state index contributed by atoms with van der Waals surface area (Å²) < 4.78 is 26.6. The molecule has 0 saturated carbocycles. The van der Waals surface area contributed by atoms with Crippen LogP contribution in [0.15, 0.2) is 6.07 Å². The van der Waals surface area contributed by atoms with Crippen LogP contribution in [0.2, 0.25) is 0 Å². The van der Waals surface area contributed by atoms with E-state index < -0.39 is 17.8 Å². The highest BCUT2D eigenvalue weighted by Crippen LogP contribution is 2.41. The first-order chi connectivity index (χ1) is 14.7. The molecule has 1 aliphatic rings. The van der Waals surface area contributed by atoms with E-state index in [9.17, 15) is 4.79 Å². The van der Waals surface area contributed by atoms with E-state index >= 15 is 0 Å². The molecule has 0 aliphatic carbocycles. The summed E-state index contributed by atoms with van der Waals surface area (Å²) in [4.78, 5) is 14.5. The second-order valence-electron chi connectivity index (χ2n) is 11.4. The van der Waals surface area contributed by atoms with Crippen molar-refractivity contribution in [3.05, 3.63) is 28.3 Å². The smallest absolute Gasteiger partial charge is 0.228 e. The number of nitrogens with one attached hydrogen (secondary N) is 1. The Hall–Kier alpha value is -1.35. The average molecular weight is 418 g/mol. The second-order valence-corrected chi connectivity index (χ2v) is 11.4. The molecule has 0 atom stereocenters. The molecule has 0 aromatic heterocycles. The zero-order chi connectivity index (χ0) is 25.8. The fraction of sp³-hybridized carbons (Fsp3) is 0.741. The Morgan fingerprint density at radius 3 is 2.30 bits per heavy atom. The van der Waals surface area contributed by atoms with E-state index in [1.165, 1.54) is 11.1 Å². The highest BCUT2D eigenvalue weighted by molar-refractivity contribution is 6.00. The number of amides is 1. The van der Waals surface area contributed by atoms with E-state index in [1.54, 1.807) is 13.8 Å². The summed E-state index contributed by atoms with van der Waals surface area (Å²) in [5.41, 5.74) is 4.33. The van der Waals surface area contributed by atoms with Crippen LogP contribution in [0, 0.1) is 25.2 Å². The van der Waals surface area contributed by atoms with Crippen molar-refractivity contribution in [1.82, 2.24) is 4.90 Å². The number of carbonyl (C=O) groups excluding carboxylic acids is 1. The zero-order valence-corrected chi connectivity index (χ0v) is 21.3. The maximum absolute atomic E-state index is 12.3. The molecule has 2 rings (SSSR count). The molecule has 1 amide bonds. The maximum Gasteiger partial charge on any atom is 0.228 e. The predicted molar refractivity (Wildman–Crippen MR) is 130 cm³/mol. The van der Waals surface area contributed by atoms with Gasteiger partial charge >= 0.3 is 0 Å². The highest BCUT2D eigenvalue weighted by atomic mass is 16.1. The molecular weight excluding hydrogens is 368 g/mol. The highest BCUT2D eigenvalue weighted by Gasteiger charge is 2.38. The Labute approximate surface area is 190 Å². The first-order valence-corrected chi connectivity index (χ1v) is 11.4. The molecule has 1 N–H and O–H groups in total. The monoisotopic (exact) mass is 417 g/mol. The summed E-state index contributed by atoms with van der Waals surface area (Å²) in [5, 5.41) is 3.02. The SMILES string of the molecule is [2H]C(C)(C)C([2H])([2H])C(C)(C)N(CC(C)(C)CC)CC(C)(C)c1c(C)c(C)cc2c1CC(=O)N2. The van der Waals surface area contributed by atoms with Crippen molar-refractivity contribution in [2.75, 3.05) is 18.4 Å². The third-order valence-electron chi connectivity index (χ3n) is 6.75. The van der Waals surface area contributed by atoms with Crippen molar-refractivity contribution >= 4 is 11.6 Å². The quantitative estimate of drug-likeness (QED) is 0.488. The number of aryl methyl sites for hydroxylation is 1. The van der Waals surface area contributed by atoms with Crippen LogP contribution in [0.4, 0.5) is 5.69 Å². The van der Waals surface area contributed by atoms with Crippen LogP contribution in [0.25, 0.3) is 0 Å². The molecule has 1 heterocycles. The topological polar surface area (TPSA) is 32.3 Å². The van der Waals surface area contributed by atoms with Crippen molar-refractivity contribution in [3.63, 3.8) is 0 Å². The lowest BCUT2D eigenvalue weighted by molar-refractivity contribution is -0.115. The molecule has 3 heteroatoms. The first kappa shape index (κ1) is 20.5. The number of hydrogen-bond acceptors (Lipinski definition) is 2. The Morgan fingerprint density at radius 2 is 1.77 bits per heavy atom. The van der Waals surface area contributed by atoms with E-state index in [1.807, 2.05) is 13.8 Å². The molecule has 0 saturated heterocycles. The lowest BCUT2D eigenvalue weighted by Gasteiger charge is -2.48. The number of fused-ring (bicyclic) bond motifs is 1. The van der Waals surface area contributed by atoms with Gasteiger partial charge in [0, 0.05) is 33.8 Å². The molecule has 0 bridgehead atoms. The van der Waals surface area contributed by atoms with Gasteiger partial charge in [-0.2, -0.15) is 0 Å². The molecule has 0 fully saturated rings. The van der Waals surface area contributed by atoms with Crippen LogP contribution in [-0.4, -0.2) is 29.4 Å². The summed E-state index contributed by atoms with van der Waals surface area (Å²) in [6.45, 7) is 23.8. The largest absolute Gasteiger partial charge is 0.326 e. The standard InChI is InChI=1S/C27H46N2O/c1-12-25(6,7)16-29(27(10,11)15-18(2)3)17-26(8,9)24-20(5)19(4)13-22-21(24)14-23(30)28-22/h13,18H,12,14-17H2,1-11H3,(H,28,30)/i15D2,18D. The summed E-state index contributed by atoms with van der Waals surface area (Å²) in [5.74, 6) is -1.23. The number of rotatable bonds is 9. The van der Waals surface area contributed by atoms with Gasteiger partial charge in [-0.1, -0.05) is 48.5 Å². The van der Waals surface area contributed by atoms with Crippen LogP contribution in [0.3, 0.4) is 0 Å². The maximum atomic E-state index is 12.3. The van der Waals surface area contributed by atoms with Gasteiger partial charge in [-0.05, 0) is 80.1 Å². The van der Waals surface area contributed by atoms with Gasteiger partial charge in [-0.3, -0.25) is 9.69 Å². The van der Waals surface area contributed by atoms with E-state index in [4.69, 9.17) is 4.11 Å². The Kier molecular flexibility index (Phi) is 5.92. The van der Waals surface area contributed by atoms with E-state index in [-0.39, 0.29) is 16.7 Å². The molecule has 0 spiro atoms. The minimum absolute atomic E-state index is 0.00326. The average Bonchev–Trinajstić information content (AvgIpc) is 2.99. The van der Waals surface area contributed by atoms with Gasteiger partial charge < -0.3 is 5.32 Å². The third-order valence-corrected chi connectivity index (χ3v) is 6.75. The first-order valence-electron chi connectivity index (χ1n) is 12.9. The van der Waals surface area contributed by atoms with Crippen LogP contribution in [0.1, 0.15) is 101 Å². The van der Waals surface area contributed by atoms with Gasteiger partial charge in [-0.25, -0.2) is 0 Å². The number of nitrogens with zero attached hydrogens (tertiary/aromatic N) is 1. The van der Waals surface area contributed by atoms with Gasteiger partial charge in [-0.15, -0.1) is 0 Å². The van der Waals surface area contributed by atoms with Crippen LogP contribution in [-0.2, 0) is 16.6 Å². The van der Waals surface area contributed by atoms with Crippen molar-refractivity contribution in [2.45, 2.75) is 106 Å². The minimum Gasteiger partial charge on any atom is -0.326 e. The van der Waals surface area contributed by atoms with Crippen LogP contribution in [0.5, 0.6) is 0 Å². The molecule has 30 heavy (non-hydrogen) atoms. The summed E-state index contributed by atoms with van der Waals surface area (Å²) in [7, 11) is 0. The van der Waals surface area contributed by atoms with E-state index in [0.717, 1.165) is 29.8 Å². The summed E-state index contributed by atoms with van der Waals surface area (Å²) in [6.07, 6.45) is -0.384. The van der Waals surface area contributed by atoms with Crippen molar-refractivity contribution < 1.29 is 8.91 Å². The molecule has 1 aromatic rings. The molecular formula is C27H46N2O. The van der Waals surface area contributed by atoms with Crippen LogP contribution < -0.4 is 5.32 Å². The number of benzene rings is 1. The fourth-order valence-electron chi connectivity index (χ4n) is 4.86. The van der Waals surface area contributed by atoms with Gasteiger partial charge in [0.05, 0.1) is 6.42 Å². The lowest BCUT2D eigenvalue weighted by Crippen LogP contribution is -2.53. The number of anilines is 1. The van der Waals surface area contributed by atoms with Crippen molar-refractivity contribution in [3.8, 4) is 0 Å². The second kappa shape index (κ2) is 8.65. The molecule has 1 aromatic carbocycles. The van der Waals surface area contributed by atoms with Crippen molar-refractivity contribution in [2.24, 2.45) is 11.3 Å². The number of hydrogen-bond donors (Lipinski definition) is 1. The minimum atomic E-state index is -1.75.